The molecule has 0 aliphatic heterocycles. The van der Waals surface area contributed by atoms with E-state index in [9.17, 15) is 8.42 Å². The van der Waals surface area contributed by atoms with Gasteiger partial charge in [0.25, 0.3) is 0 Å². The Kier molecular flexibility index (Phi) is 1.71. The van der Waals surface area contributed by atoms with Crippen LogP contribution in [0.25, 0.3) is 0 Å². The van der Waals surface area contributed by atoms with E-state index in [2.05, 4.69) is 6.26 Å². The Labute approximate surface area is 50.8 Å². The molecular formula is C5H11O2S. The summed E-state index contributed by atoms with van der Waals surface area (Å²) in [5, 5.41) is 0. The van der Waals surface area contributed by atoms with Gasteiger partial charge >= 0.3 is 0 Å². The lowest BCUT2D eigenvalue weighted by Crippen LogP contribution is -2.24. The quantitative estimate of drug-likeness (QED) is 0.496. The summed E-state index contributed by atoms with van der Waals surface area (Å²) in [6.45, 7) is 4.86. The first kappa shape index (κ1) is 7.95. The van der Waals surface area contributed by atoms with Gasteiger partial charge in [-0.2, -0.15) is 0 Å². The molecule has 8 heavy (non-hydrogen) atoms. The molecule has 0 amide bonds. The van der Waals surface area contributed by atoms with Gasteiger partial charge in [-0.1, -0.05) is 0 Å². The molecule has 2 nitrogen and oxygen atoms in total. The molecule has 3 heteroatoms. The second kappa shape index (κ2) is 1.72. The highest BCUT2D eigenvalue weighted by atomic mass is 32.2. The average molecular weight is 135 g/mol. The van der Waals surface area contributed by atoms with Gasteiger partial charge in [0.15, 0.2) is 9.84 Å². The van der Waals surface area contributed by atoms with Crippen molar-refractivity contribution in [3.8, 4) is 0 Å². The van der Waals surface area contributed by atoms with Gasteiger partial charge in [0.05, 0.1) is 11.0 Å². The van der Waals surface area contributed by atoms with Crippen LogP contribution >= 0.6 is 0 Å². The molecule has 0 bridgehead atoms. The molecule has 0 heterocycles. The maximum Gasteiger partial charge on any atom is 0.156 e. The van der Waals surface area contributed by atoms with Gasteiger partial charge in [-0.05, 0) is 20.8 Å². The maximum atomic E-state index is 10.5. The second-order valence-electron chi connectivity index (χ2n) is 2.73. The van der Waals surface area contributed by atoms with E-state index in [-0.39, 0.29) is 0 Å². The van der Waals surface area contributed by atoms with Gasteiger partial charge in [-0.3, -0.25) is 0 Å². The summed E-state index contributed by atoms with van der Waals surface area (Å²) >= 11 is 0. The Bertz CT molecular complexity index is 159. The van der Waals surface area contributed by atoms with Crippen LogP contribution in [-0.2, 0) is 9.84 Å². The fraction of sp³-hybridized carbons (Fsp3) is 0.800. The fourth-order valence-corrected chi connectivity index (χ4v) is 0. The highest BCUT2D eigenvalue weighted by Crippen LogP contribution is 2.13. The van der Waals surface area contributed by atoms with Crippen LogP contribution in [0.1, 0.15) is 20.8 Å². The van der Waals surface area contributed by atoms with Crippen molar-refractivity contribution in [1.29, 1.82) is 0 Å². The monoisotopic (exact) mass is 135 g/mol. The van der Waals surface area contributed by atoms with E-state index >= 15 is 0 Å². The molecule has 0 aromatic rings. The van der Waals surface area contributed by atoms with Crippen molar-refractivity contribution in [1.82, 2.24) is 0 Å². The molecule has 0 atom stereocenters. The zero-order valence-electron chi connectivity index (χ0n) is 5.43. The van der Waals surface area contributed by atoms with Crippen LogP contribution in [0.5, 0.6) is 0 Å². The largest absolute Gasteiger partial charge is 0.228 e. The Balaban J connectivity index is 4.53. The highest BCUT2D eigenvalue weighted by molar-refractivity contribution is 7.93. The van der Waals surface area contributed by atoms with E-state index in [1.807, 2.05) is 0 Å². The van der Waals surface area contributed by atoms with Crippen LogP contribution in [0.15, 0.2) is 0 Å². The molecule has 0 saturated carbocycles. The van der Waals surface area contributed by atoms with E-state index < -0.39 is 14.6 Å². The molecule has 0 rings (SSSR count). The first-order chi connectivity index (χ1) is 3.25. The number of hydrogen-bond acceptors (Lipinski definition) is 2. The van der Waals surface area contributed by atoms with Crippen LogP contribution in [0.4, 0.5) is 0 Å². The molecule has 0 saturated heterocycles. The summed E-state index contributed by atoms with van der Waals surface area (Å²) in [5.41, 5.74) is 0. The van der Waals surface area contributed by atoms with Crippen molar-refractivity contribution in [3.05, 3.63) is 6.26 Å². The molecule has 0 aromatic carbocycles. The van der Waals surface area contributed by atoms with E-state index in [1.54, 1.807) is 20.8 Å². The summed E-state index contributed by atoms with van der Waals surface area (Å²) in [4.78, 5) is 0. The molecule has 0 N–H and O–H groups in total. The van der Waals surface area contributed by atoms with Crippen molar-refractivity contribution in [2.24, 2.45) is 0 Å². The fourth-order valence-electron chi connectivity index (χ4n) is 0. The molecule has 0 aliphatic rings. The third-order valence-electron chi connectivity index (χ3n) is 0.933. The lowest BCUT2D eigenvalue weighted by Gasteiger charge is -2.13. The van der Waals surface area contributed by atoms with E-state index in [1.165, 1.54) is 0 Å². The number of sulfone groups is 1. The van der Waals surface area contributed by atoms with Crippen molar-refractivity contribution < 1.29 is 8.42 Å². The topological polar surface area (TPSA) is 34.1 Å². The van der Waals surface area contributed by atoms with Gasteiger partial charge in [0.2, 0.25) is 0 Å². The minimum atomic E-state index is -3.09. The molecule has 0 aliphatic carbocycles. The van der Waals surface area contributed by atoms with Crippen molar-refractivity contribution in [3.63, 3.8) is 0 Å². The van der Waals surface area contributed by atoms with Crippen LogP contribution in [-0.4, -0.2) is 13.2 Å². The first-order valence-electron chi connectivity index (χ1n) is 2.33. The lowest BCUT2D eigenvalue weighted by atomic mass is 10.3. The first-order valence-corrected chi connectivity index (χ1v) is 3.98. The van der Waals surface area contributed by atoms with Gasteiger partial charge in [0, 0.05) is 0 Å². The summed E-state index contributed by atoms with van der Waals surface area (Å²) in [6, 6.07) is 0. The van der Waals surface area contributed by atoms with Gasteiger partial charge < -0.3 is 0 Å². The lowest BCUT2D eigenvalue weighted by molar-refractivity contribution is 0.569. The van der Waals surface area contributed by atoms with Gasteiger partial charge in [0.1, 0.15) is 0 Å². The standard InChI is InChI=1S/C5H11O2S/c1-5(2,3)8(4,6)7/h4H2,1-3H3. The SMILES string of the molecule is [CH2]S(=O)(=O)C(C)(C)C. The molecule has 0 aromatic heterocycles. The van der Waals surface area contributed by atoms with Crippen LogP contribution in [0.3, 0.4) is 0 Å². The normalized spacial score (nSPS) is 14.0. The second-order valence-corrected chi connectivity index (χ2v) is 5.18. The number of rotatable bonds is 0. The van der Waals surface area contributed by atoms with E-state index in [0.717, 1.165) is 0 Å². The Morgan fingerprint density at radius 2 is 1.38 bits per heavy atom. The van der Waals surface area contributed by atoms with Gasteiger partial charge in [-0.15, -0.1) is 0 Å². The van der Waals surface area contributed by atoms with Crippen LogP contribution in [0, 0.1) is 6.26 Å². The van der Waals surface area contributed by atoms with Crippen molar-refractivity contribution in [2.75, 3.05) is 0 Å². The third-order valence-corrected chi connectivity index (χ3v) is 2.80. The highest BCUT2D eigenvalue weighted by Gasteiger charge is 2.23. The maximum absolute atomic E-state index is 10.5. The minimum absolute atomic E-state index is 0.701. The predicted molar refractivity (Wildman–Crippen MR) is 34.0 cm³/mol. The smallest absolute Gasteiger partial charge is 0.156 e. The summed E-state index contributed by atoms with van der Waals surface area (Å²) in [7, 11) is -3.09. The molecule has 0 unspecified atom stereocenters. The number of hydrogen-bond donors (Lipinski definition) is 0. The van der Waals surface area contributed by atoms with Crippen LogP contribution < -0.4 is 0 Å². The van der Waals surface area contributed by atoms with E-state index in [0.29, 0.717) is 0 Å². The molecule has 0 fully saturated rings. The van der Waals surface area contributed by atoms with Crippen LogP contribution in [0.2, 0.25) is 0 Å². The van der Waals surface area contributed by atoms with Crippen molar-refractivity contribution >= 4 is 9.84 Å². The third kappa shape index (κ3) is 1.82. The molecular weight excluding hydrogens is 124 g/mol. The Hall–Kier alpha value is -0.0500. The Morgan fingerprint density at radius 1 is 1.25 bits per heavy atom. The van der Waals surface area contributed by atoms with Crippen molar-refractivity contribution in [2.45, 2.75) is 25.5 Å². The molecule has 49 valence electrons. The zero-order valence-corrected chi connectivity index (χ0v) is 6.25. The summed E-state index contributed by atoms with van der Waals surface area (Å²) < 4.78 is 20.4. The van der Waals surface area contributed by atoms with Gasteiger partial charge in [-0.25, -0.2) is 8.42 Å². The predicted octanol–water partition coefficient (Wildman–Crippen LogP) is 0.991. The minimum Gasteiger partial charge on any atom is -0.228 e. The molecule has 1 radical (unpaired) electrons. The summed E-state index contributed by atoms with van der Waals surface area (Å²) in [6.07, 6.45) is 3.01. The average Bonchev–Trinajstić information content (AvgIpc) is 1.25. The zero-order chi connectivity index (χ0) is 7.00. The molecule has 0 spiro atoms. The summed E-state index contributed by atoms with van der Waals surface area (Å²) in [5.74, 6) is 0. The van der Waals surface area contributed by atoms with E-state index in [4.69, 9.17) is 0 Å². The Morgan fingerprint density at radius 3 is 1.38 bits per heavy atom.